The van der Waals surface area contributed by atoms with Crippen molar-refractivity contribution in [2.45, 2.75) is 198 Å². The molecule has 1 fully saturated rings. The van der Waals surface area contributed by atoms with E-state index in [1.807, 2.05) is 13.0 Å². The van der Waals surface area contributed by atoms with Crippen molar-refractivity contribution in [3.8, 4) is 0 Å². The zero-order valence-electron chi connectivity index (χ0n) is 30.9. The summed E-state index contributed by atoms with van der Waals surface area (Å²) in [6, 6.07) is -0.820. The first-order chi connectivity index (χ1) is 23.8. The molecule has 0 aliphatic carbocycles. The number of unbranched alkanes of at least 4 members (excludes halogenated alkanes) is 17. The first-order valence-electron chi connectivity index (χ1n) is 19.7. The second kappa shape index (κ2) is 31.2. The standard InChI is InChI=1S/C40H73NO8/c1-3-5-7-8-9-10-11-12-13-14-15-16-17-18-19-20-21-22-23-24-25-26-27-28-29-34(43)33(41-36(44)30-6-4-2)32-48-40-39(47)38(46)37(45)35(31-42)49-40/h20-21,24-25,28-29,33-35,37-40,42-43,45-47H,3-19,22-23,26-27,30-32H2,1-2H3,(H,41,44)/b21-20+,25-24+,29-28+. The number of aliphatic hydroxyl groups excluding tert-OH is 5. The molecule has 6 N–H and O–H groups in total. The highest BCUT2D eigenvalue weighted by atomic mass is 16.7. The van der Waals surface area contributed by atoms with Gasteiger partial charge in [0.25, 0.3) is 0 Å². The Morgan fingerprint density at radius 2 is 1.16 bits per heavy atom. The van der Waals surface area contributed by atoms with Crippen molar-refractivity contribution in [2.24, 2.45) is 0 Å². The Morgan fingerprint density at radius 3 is 1.69 bits per heavy atom. The molecular weight excluding hydrogens is 622 g/mol. The Hall–Kier alpha value is -1.59. The van der Waals surface area contributed by atoms with E-state index in [1.165, 1.54) is 96.3 Å². The van der Waals surface area contributed by atoms with Crippen LogP contribution in [0.4, 0.5) is 0 Å². The van der Waals surface area contributed by atoms with Gasteiger partial charge in [-0.3, -0.25) is 4.79 Å². The molecule has 0 radical (unpaired) electrons. The maximum Gasteiger partial charge on any atom is 0.220 e. The van der Waals surface area contributed by atoms with Gasteiger partial charge in [0.1, 0.15) is 24.4 Å². The number of amides is 1. The molecule has 9 heteroatoms. The lowest BCUT2D eigenvalue weighted by Gasteiger charge is -2.40. The average Bonchev–Trinajstić information content (AvgIpc) is 3.10. The minimum Gasteiger partial charge on any atom is -0.394 e. The van der Waals surface area contributed by atoms with Crippen LogP contribution in [0.3, 0.4) is 0 Å². The number of ether oxygens (including phenoxy) is 2. The van der Waals surface area contributed by atoms with Gasteiger partial charge in [0.15, 0.2) is 6.29 Å². The van der Waals surface area contributed by atoms with Crippen molar-refractivity contribution < 1.29 is 39.8 Å². The van der Waals surface area contributed by atoms with Crippen molar-refractivity contribution in [3.63, 3.8) is 0 Å². The van der Waals surface area contributed by atoms with E-state index < -0.39 is 49.5 Å². The molecule has 0 saturated carbocycles. The Morgan fingerprint density at radius 1 is 0.673 bits per heavy atom. The number of hydrogen-bond acceptors (Lipinski definition) is 8. The molecule has 9 nitrogen and oxygen atoms in total. The highest BCUT2D eigenvalue weighted by molar-refractivity contribution is 5.76. The number of carbonyl (C=O) groups excluding carboxylic acids is 1. The van der Waals surface area contributed by atoms with Crippen LogP contribution in [0, 0.1) is 0 Å². The molecule has 0 spiro atoms. The van der Waals surface area contributed by atoms with Gasteiger partial charge >= 0.3 is 0 Å². The van der Waals surface area contributed by atoms with Crippen LogP contribution in [0.25, 0.3) is 0 Å². The summed E-state index contributed by atoms with van der Waals surface area (Å²) in [5.74, 6) is -0.228. The Bertz CT molecular complexity index is 863. The molecule has 49 heavy (non-hydrogen) atoms. The quantitative estimate of drug-likeness (QED) is 0.0338. The van der Waals surface area contributed by atoms with Gasteiger partial charge in [-0.25, -0.2) is 0 Å². The van der Waals surface area contributed by atoms with Crippen molar-refractivity contribution in [1.82, 2.24) is 5.32 Å². The Kier molecular flexibility index (Phi) is 28.9. The van der Waals surface area contributed by atoms with Crippen LogP contribution in [-0.2, 0) is 14.3 Å². The van der Waals surface area contributed by atoms with Crippen LogP contribution in [0.2, 0.25) is 0 Å². The number of hydrogen-bond donors (Lipinski definition) is 6. The Labute approximate surface area is 298 Å². The van der Waals surface area contributed by atoms with Crippen LogP contribution in [0.5, 0.6) is 0 Å². The molecule has 1 rings (SSSR count). The molecule has 0 aromatic heterocycles. The molecule has 1 saturated heterocycles. The average molecular weight is 696 g/mol. The third kappa shape index (κ3) is 22.8. The van der Waals surface area contributed by atoms with Gasteiger partial charge in [0.05, 0.1) is 25.4 Å². The zero-order valence-corrected chi connectivity index (χ0v) is 30.9. The number of allylic oxidation sites excluding steroid dienone is 5. The van der Waals surface area contributed by atoms with Gasteiger partial charge in [-0.05, 0) is 44.9 Å². The fourth-order valence-electron chi connectivity index (χ4n) is 5.93. The van der Waals surface area contributed by atoms with Crippen molar-refractivity contribution in [2.75, 3.05) is 13.2 Å². The molecule has 1 aliphatic rings. The summed E-state index contributed by atoms with van der Waals surface area (Å²) in [4.78, 5) is 12.4. The lowest BCUT2D eigenvalue weighted by Crippen LogP contribution is -2.60. The second-order valence-electron chi connectivity index (χ2n) is 13.7. The summed E-state index contributed by atoms with van der Waals surface area (Å²) < 4.78 is 11.0. The molecule has 0 aromatic carbocycles. The first-order valence-corrected chi connectivity index (χ1v) is 19.7. The predicted molar refractivity (Wildman–Crippen MR) is 198 cm³/mol. The summed E-state index contributed by atoms with van der Waals surface area (Å²) >= 11 is 0. The van der Waals surface area contributed by atoms with Crippen LogP contribution in [0.1, 0.15) is 155 Å². The highest BCUT2D eigenvalue weighted by Gasteiger charge is 2.44. The molecule has 7 atom stereocenters. The third-order valence-electron chi connectivity index (χ3n) is 9.20. The van der Waals surface area contributed by atoms with Gasteiger partial charge in [0, 0.05) is 6.42 Å². The lowest BCUT2D eigenvalue weighted by molar-refractivity contribution is -0.302. The number of rotatable bonds is 31. The monoisotopic (exact) mass is 696 g/mol. The van der Waals surface area contributed by atoms with Crippen molar-refractivity contribution in [1.29, 1.82) is 0 Å². The van der Waals surface area contributed by atoms with Crippen LogP contribution in [-0.4, -0.2) is 87.5 Å². The van der Waals surface area contributed by atoms with E-state index in [1.54, 1.807) is 6.08 Å². The van der Waals surface area contributed by atoms with Crippen LogP contribution < -0.4 is 5.32 Å². The van der Waals surface area contributed by atoms with Gasteiger partial charge in [-0.1, -0.05) is 140 Å². The number of aliphatic hydroxyl groups is 5. The van der Waals surface area contributed by atoms with Gasteiger partial charge in [-0.2, -0.15) is 0 Å². The second-order valence-corrected chi connectivity index (χ2v) is 13.7. The number of carbonyl (C=O) groups is 1. The van der Waals surface area contributed by atoms with E-state index in [0.29, 0.717) is 12.8 Å². The molecule has 286 valence electrons. The summed E-state index contributed by atoms with van der Waals surface area (Å²) in [7, 11) is 0. The fourth-order valence-corrected chi connectivity index (χ4v) is 5.93. The fraction of sp³-hybridized carbons (Fsp3) is 0.825. The van der Waals surface area contributed by atoms with E-state index in [0.717, 1.165) is 32.1 Å². The van der Waals surface area contributed by atoms with Crippen LogP contribution in [0.15, 0.2) is 36.5 Å². The SMILES string of the molecule is CCCCCCCCCCCCCCCC/C=C/CC/C=C/CC/C=C/C(O)C(COC1OC(CO)C(O)C(O)C1O)NC(=O)CCCC. The third-order valence-corrected chi connectivity index (χ3v) is 9.20. The van der Waals surface area contributed by atoms with E-state index in [9.17, 15) is 30.3 Å². The molecule has 1 heterocycles. The van der Waals surface area contributed by atoms with E-state index >= 15 is 0 Å². The molecule has 7 unspecified atom stereocenters. The minimum atomic E-state index is -1.57. The van der Waals surface area contributed by atoms with E-state index in [4.69, 9.17) is 9.47 Å². The van der Waals surface area contributed by atoms with Gasteiger partial charge < -0.3 is 40.3 Å². The largest absolute Gasteiger partial charge is 0.394 e. The Balaban J connectivity index is 2.21. The predicted octanol–water partition coefficient (Wildman–Crippen LogP) is 6.94. The normalized spacial score (nSPS) is 22.8. The molecule has 0 aromatic rings. The topological polar surface area (TPSA) is 149 Å². The molecule has 1 amide bonds. The smallest absolute Gasteiger partial charge is 0.220 e. The minimum absolute atomic E-state index is 0.209. The van der Waals surface area contributed by atoms with Crippen LogP contribution >= 0.6 is 0 Å². The lowest BCUT2D eigenvalue weighted by atomic mass is 9.99. The van der Waals surface area contributed by atoms with Gasteiger partial charge in [-0.15, -0.1) is 0 Å². The van der Waals surface area contributed by atoms with Crippen molar-refractivity contribution in [3.05, 3.63) is 36.5 Å². The molecule has 0 bridgehead atoms. The van der Waals surface area contributed by atoms with E-state index in [-0.39, 0.29) is 12.5 Å². The van der Waals surface area contributed by atoms with E-state index in [2.05, 4.69) is 36.5 Å². The van der Waals surface area contributed by atoms with Crippen molar-refractivity contribution >= 4 is 5.91 Å². The highest BCUT2D eigenvalue weighted by Crippen LogP contribution is 2.22. The maximum atomic E-state index is 12.4. The molecular formula is C40H73NO8. The zero-order chi connectivity index (χ0) is 36.0. The summed E-state index contributed by atoms with van der Waals surface area (Å²) in [5, 5.41) is 53.3. The van der Waals surface area contributed by atoms with Gasteiger partial charge in [0.2, 0.25) is 5.91 Å². The first kappa shape index (κ1) is 45.4. The summed E-state index contributed by atoms with van der Waals surface area (Å²) in [6.45, 7) is 3.48. The maximum absolute atomic E-state index is 12.4. The summed E-state index contributed by atoms with van der Waals surface area (Å²) in [5.41, 5.74) is 0. The number of nitrogens with one attached hydrogen (secondary N) is 1. The molecule has 1 aliphatic heterocycles. The summed E-state index contributed by atoms with van der Waals surface area (Å²) in [6.07, 6.45) is 30.4.